The third-order valence-electron chi connectivity index (χ3n) is 5.01. The largest absolute Gasteiger partial charge is 0.389 e. The van der Waals surface area contributed by atoms with Gasteiger partial charge in [0.2, 0.25) is 5.95 Å². The molecule has 2 aromatic rings. The zero-order valence-corrected chi connectivity index (χ0v) is 14.0. The maximum absolute atomic E-state index is 12.8. The molecule has 2 atom stereocenters. The number of likely N-dealkylation sites (tertiary alicyclic amines) is 1. The third kappa shape index (κ3) is 3.21. The predicted octanol–water partition coefficient (Wildman–Crippen LogP) is 0.766. The summed E-state index contributed by atoms with van der Waals surface area (Å²) in [6.45, 7) is 0.854. The maximum Gasteiger partial charge on any atom is 0.274 e. The first kappa shape index (κ1) is 16.0. The van der Waals surface area contributed by atoms with Crippen LogP contribution in [0.5, 0.6) is 0 Å². The molecule has 132 valence electrons. The number of aliphatic hydroxyl groups excluding tert-OH is 1. The van der Waals surface area contributed by atoms with Gasteiger partial charge in [0.1, 0.15) is 0 Å². The van der Waals surface area contributed by atoms with E-state index in [-0.39, 0.29) is 18.5 Å². The SMILES string of the molecule is O=C(c1n[nH]c2c1CCCC2)N1CC[C@@H](Nc2ncccn2)[C@H](O)C1. The smallest absolute Gasteiger partial charge is 0.274 e. The quantitative estimate of drug-likeness (QED) is 0.760. The second-order valence-corrected chi connectivity index (χ2v) is 6.67. The Kier molecular flexibility index (Phi) is 4.35. The summed E-state index contributed by atoms with van der Waals surface area (Å²) in [5, 5.41) is 20.8. The number of H-pyrrole nitrogens is 1. The Morgan fingerprint density at radius 2 is 2.08 bits per heavy atom. The van der Waals surface area contributed by atoms with Crippen LogP contribution in [0.1, 0.15) is 41.0 Å². The van der Waals surface area contributed by atoms with E-state index in [1.807, 2.05) is 0 Å². The number of rotatable bonds is 3. The minimum absolute atomic E-state index is 0.0899. The van der Waals surface area contributed by atoms with Crippen molar-refractivity contribution in [1.82, 2.24) is 25.1 Å². The molecule has 0 bridgehead atoms. The van der Waals surface area contributed by atoms with Gasteiger partial charge in [-0.15, -0.1) is 0 Å². The summed E-state index contributed by atoms with van der Waals surface area (Å²) in [5.74, 6) is 0.403. The first-order chi connectivity index (χ1) is 12.2. The Hall–Kier alpha value is -2.48. The van der Waals surface area contributed by atoms with Crippen LogP contribution in [0.2, 0.25) is 0 Å². The van der Waals surface area contributed by atoms with Crippen molar-refractivity contribution < 1.29 is 9.90 Å². The van der Waals surface area contributed by atoms with Gasteiger partial charge >= 0.3 is 0 Å². The van der Waals surface area contributed by atoms with Crippen LogP contribution in [0.25, 0.3) is 0 Å². The molecular weight excluding hydrogens is 320 g/mol. The van der Waals surface area contributed by atoms with Gasteiger partial charge in [0.25, 0.3) is 5.91 Å². The van der Waals surface area contributed by atoms with Crippen molar-refractivity contribution >= 4 is 11.9 Å². The molecule has 0 radical (unpaired) electrons. The number of hydrogen-bond acceptors (Lipinski definition) is 6. The Morgan fingerprint density at radius 3 is 2.88 bits per heavy atom. The Bertz CT molecular complexity index is 747. The van der Waals surface area contributed by atoms with Crippen molar-refractivity contribution in [3.05, 3.63) is 35.4 Å². The Balaban J connectivity index is 1.42. The number of piperidine rings is 1. The molecule has 4 rings (SSSR count). The topological polar surface area (TPSA) is 107 Å². The van der Waals surface area contributed by atoms with Crippen LogP contribution in [-0.4, -0.2) is 61.3 Å². The Morgan fingerprint density at radius 1 is 1.28 bits per heavy atom. The summed E-state index contributed by atoms with van der Waals surface area (Å²) in [4.78, 5) is 22.8. The lowest BCUT2D eigenvalue weighted by atomic mass is 9.95. The molecule has 25 heavy (non-hydrogen) atoms. The third-order valence-corrected chi connectivity index (χ3v) is 5.01. The predicted molar refractivity (Wildman–Crippen MR) is 91.2 cm³/mol. The van der Waals surface area contributed by atoms with E-state index < -0.39 is 6.10 Å². The van der Waals surface area contributed by atoms with E-state index in [4.69, 9.17) is 0 Å². The molecule has 2 aliphatic rings. The highest BCUT2D eigenvalue weighted by atomic mass is 16.3. The second kappa shape index (κ2) is 6.79. The normalized spacial score (nSPS) is 23.2. The first-order valence-corrected chi connectivity index (χ1v) is 8.79. The average Bonchev–Trinajstić information content (AvgIpc) is 3.08. The number of nitrogens with one attached hydrogen (secondary N) is 2. The van der Waals surface area contributed by atoms with E-state index in [0.29, 0.717) is 24.6 Å². The van der Waals surface area contributed by atoms with Gasteiger partial charge in [0, 0.05) is 36.7 Å². The van der Waals surface area contributed by atoms with Gasteiger partial charge in [-0.3, -0.25) is 9.89 Å². The minimum Gasteiger partial charge on any atom is -0.389 e. The van der Waals surface area contributed by atoms with Crippen LogP contribution < -0.4 is 5.32 Å². The average molecular weight is 342 g/mol. The summed E-state index contributed by atoms with van der Waals surface area (Å²) in [6.07, 6.45) is 7.37. The first-order valence-electron chi connectivity index (χ1n) is 8.79. The van der Waals surface area contributed by atoms with Gasteiger partial charge in [-0.25, -0.2) is 9.97 Å². The highest BCUT2D eigenvalue weighted by Gasteiger charge is 2.33. The summed E-state index contributed by atoms with van der Waals surface area (Å²) in [6, 6.07) is 1.58. The maximum atomic E-state index is 12.8. The molecule has 1 amide bonds. The number of nitrogens with zero attached hydrogens (tertiary/aromatic N) is 4. The van der Waals surface area contributed by atoms with Gasteiger partial charge < -0.3 is 15.3 Å². The number of amides is 1. The molecule has 1 fully saturated rings. The molecule has 0 saturated carbocycles. The number of aromatic nitrogens is 4. The number of carbonyl (C=O) groups excluding carboxylic acids is 1. The number of β-amino-alcohol motifs (C(OH)–C–C–N with tert-alkyl or cyclic N) is 1. The zero-order chi connectivity index (χ0) is 17.2. The van der Waals surface area contributed by atoms with Crippen molar-refractivity contribution in [2.45, 2.75) is 44.2 Å². The number of aromatic amines is 1. The van der Waals surface area contributed by atoms with Crippen LogP contribution >= 0.6 is 0 Å². The van der Waals surface area contributed by atoms with Crippen molar-refractivity contribution in [1.29, 1.82) is 0 Å². The number of carbonyl (C=O) groups is 1. The summed E-state index contributed by atoms with van der Waals surface area (Å²) in [7, 11) is 0. The molecular formula is C17H22N6O2. The molecule has 1 aliphatic heterocycles. The lowest BCUT2D eigenvalue weighted by Gasteiger charge is -2.36. The van der Waals surface area contributed by atoms with Crippen molar-refractivity contribution in [2.24, 2.45) is 0 Å². The van der Waals surface area contributed by atoms with E-state index in [1.165, 1.54) is 0 Å². The highest BCUT2D eigenvalue weighted by molar-refractivity contribution is 5.94. The van der Waals surface area contributed by atoms with Crippen molar-refractivity contribution in [2.75, 3.05) is 18.4 Å². The standard InChI is InChI=1S/C17H22N6O2/c24-14-10-23(9-6-13(14)20-17-18-7-3-8-19-17)16(25)15-11-4-1-2-5-12(11)21-22-15/h3,7-8,13-14,24H,1-2,4-6,9-10H2,(H,21,22)(H,18,19,20)/t13-,14-/m1/s1. The lowest BCUT2D eigenvalue weighted by molar-refractivity contribution is 0.0420. The fourth-order valence-corrected chi connectivity index (χ4v) is 3.63. The van der Waals surface area contributed by atoms with Crippen LogP contribution in [0.4, 0.5) is 5.95 Å². The molecule has 1 aliphatic carbocycles. The van der Waals surface area contributed by atoms with Crippen LogP contribution in [0.15, 0.2) is 18.5 Å². The molecule has 1 saturated heterocycles. The van der Waals surface area contributed by atoms with E-state index in [1.54, 1.807) is 23.4 Å². The van der Waals surface area contributed by atoms with Gasteiger partial charge in [0.15, 0.2) is 5.69 Å². The molecule has 0 unspecified atom stereocenters. The summed E-state index contributed by atoms with van der Waals surface area (Å²) < 4.78 is 0. The van der Waals surface area contributed by atoms with E-state index in [2.05, 4.69) is 25.5 Å². The van der Waals surface area contributed by atoms with Gasteiger partial charge in [-0.05, 0) is 38.2 Å². The number of aryl methyl sites for hydroxylation is 1. The second-order valence-electron chi connectivity index (χ2n) is 6.67. The lowest BCUT2D eigenvalue weighted by Crippen LogP contribution is -2.52. The summed E-state index contributed by atoms with van der Waals surface area (Å²) in [5.41, 5.74) is 2.68. The molecule has 8 heteroatoms. The van der Waals surface area contributed by atoms with E-state index >= 15 is 0 Å². The molecule has 3 N–H and O–H groups in total. The van der Waals surface area contributed by atoms with E-state index in [0.717, 1.165) is 36.9 Å². The molecule has 8 nitrogen and oxygen atoms in total. The van der Waals surface area contributed by atoms with Crippen molar-refractivity contribution in [3.63, 3.8) is 0 Å². The monoisotopic (exact) mass is 342 g/mol. The highest BCUT2D eigenvalue weighted by Crippen LogP contribution is 2.24. The van der Waals surface area contributed by atoms with Crippen LogP contribution in [-0.2, 0) is 12.8 Å². The van der Waals surface area contributed by atoms with Gasteiger partial charge in [-0.2, -0.15) is 5.10 Å². The molecule has 2 aromatic heterocycles. The van der Waals surface area contributed by atoms with Crippen LogP contribution in [0.3, 0.4) is 0 Å². The number of anilines is 1. The van der Waals surface area contributed by atoms with E-state index in [9.17, 15) is 9.90 Å². The summed E-state index contributed by atoms with van der Waals surface area (Å²) >= 11 is 0. The molecule has 0 spiro atoms. The fourth-order valence-electron chi connectivity index (χ4n) is 3.63. The van der Waals surface area contributed by atoms with Gasteiger partial charge in [0.05, 0.1) is 12.1 Å². The zero-order valence-electron chi connectivity index (χ0n) is 14.0. The van der Waals surface area contributed by atoms with Gasteiger partial charge in [-0.1, -0.05) is 0 Å². The molecule has 0 aromatic carbocycles. The number of fused-ring (bicyclic) bond motifs is 1. The Labute approximate surface area is 145 Å². The van der Waals surface area contributed by atoms with Crippen LogP contribution in [0, 0.1) is 0 Å². The minimum atomic E-state index is -0.670. The number of hydrogen-bond donors (Lipinski definition) is 3. The molecule has 3 heterocycles. The fraction of sp³-hybridized carbons (Fsp3) is 0.529. The van der Waals surface area contributed by atoms with Crippen molar-refractivity contribution in [3.8, 4) is 0 Å². The number of aliphatic hydroxyl groups is 1.